The Morgan fingerprint density at radius 2 is 2.17 bits per heavy atom. The SMILES string of the molecule is OC1CCC2OC(Cc3ccccc3Br)=NC2C1. The van der Waals surface area contributed by atoms with Gasteiger partial charge in [-0.2, -0.15) is 0 Å². The molecular weight excluding hydrogens is 294 g/mol. The third-order valence-electron chi connectivity index (χ3n) is 3.62. The molecule has 0 aromatic heterocycles. The van der Waals surface area contributed by atoms with Gasteiger partial charge in [0.15, 0.2) is 5.90 Å². The molecule has 1 heterocycles. The molecule has 0 spiro atoms. The van der Waals surface area contributed by atoms with Crippen molar-refractivity contribution in [1.82, 2.24) is 0 Å². The fourth-order valence-electron chi connectivity index (χ4n) is 2.65. The van der Waals surface area contributed by atoms with E-state index in [4.69, 9.17) is 4.74 Å². The third-order valence-corrected chi connectivity index (χ3v) is 4.40. The van der Waals surface area contributed by atoms with Crippen LogP contribution in [0.25, 0.3) is 0 Å². The molecule has 1 aromatic rings. The van der Waals surface area contributed by atoms with Gasteiger partial charge in [0.2, 0.25) is 0 Å². The molecule has 1 N–H and O–H groups in total. The Balaban J connectivity index is 1.72. The summed E-state index contributed by atoms with van der Waals surface area (Å²) in [7, 11) is 0. The van der Waals surface area contributed by atoms with Gasteiger partial charge in [-0.15, -0.1) is 0 Å². The summed E-state index contributed by atoms with van der Waals surface area (Å²) in [6, 6.07) is 8.29. The number of rotatable bonds is 2. The highest BCUT2D eigenvalue weighted by Crippen LogP contribution is 2.30. The summed E-state index contributed by atoms with van der Waals surface area (Å²) in [4.78, 5) is 4.61. The van der Waals surface area contributed by atoms with E-state index in [0.29, 0.717) is 0 Å². The lowest BCUT2D eigenvalue weighted by atomic mass is 9.91. The van der Waals surface area contributed by atoms with Crippen molar-refractivity contribution in [2.75, 3.05) is 0 Å². The minimum Gasteiger partial charge on any atom is -0.475 e. The van der Waals surface area contributed by atoms with Crippen molar-refractivity contribution in [2.45, 2.75) is 43.9 Å². The quantitative estimate of drug-likeness (QED) is 0.912. The molecule has 0 radical (unpaired) electrons. The third kappa shape index (κ3) is 2.45. The summed E-state index contributed by atoms with van der Waals surface area (Å²) in [5, 5.41) is 9.64. The molecule has 3 unspecified atom stereocenters. The van der Waals surface area contributed by atoms with Gasteiger partial charge in [0.1, 0.15) is 6.10 Å². The van der Waals surface area contributed by atoms with Crippen molar-refractivity contribution >= 4 is 21.8 Å². The standard InChI is InChI=1S/C14H16BrNO2/c15-11-4-2-1-3-9(11)7-14-16-12-8-10(17)5-6-13(12)18-14/h1-4,10,12-13,17H,5-8H2. The fraction of sp³-hybridized carbons (Fsp3) is 0.500. The second-order valence-corrected chi connectivity index (χ2v) is 5.84. The molecule has 3 nitrogen and oxygen atoms in total. The molecule has 0 amide bonds. The fourth-order valence-corrected chi connectivity index (χ4v) is 3.08. The molecule has 2 aliphatic rings. The molecule has 3 rings (SSSR count). The van der Waals surface area contributed by atoms with Crippen molar-refractivity contribution in [3.63, 3.8) is 0 Å². The van der Waals surface area contributed by atoms with Crippen molar-refractivity contribution in [3.05, 3.63) is 34.3 Å². The number of halogens is 1. The summed E-state index contributed by atoms with van der Waals surface area (Å²) in [6.45, 7) is 0. The zero-order valence-corrected chi connectivity index (χ0v) is 11.6. The largest absolute Gasteiger partial charge is 0.475 e. The summed E-state index contributed by atoms with van der Waals surface area (Å²) >= 11 is 3.54. The Kier molecular flexibility index (Phi) is 3.39. The minimum absolute atomic E-state index is 0.159. The molecular formula is C14H16BrNO2. The van der Waals surface area contributed by atoms with E-state index in [1.165, 1.54) is 5.56 Å². The number of ether oxygens (including phenoxy) is 1. The van der Waals surface area contributed by atoms with Gasteiger partial charge < -0.3 is 9.84 Å². The minimum atomic E-state index is -0.207. The molecule has 4 heteroatoms. The lowest BCUT2D eigenvalue weighted by molar-refractivity contribution is 0.0616. The smallest absolute Gasteiger partial charge is 0.188 e. The van der Waals surface area contributed by atoms with E-state index in [1.807, 2.05) is 18.2 Å². The molecule has 1 saturated carbocycles. The number of hydrogen-bond donors (Lipinski definition) is 1. The topological polar surface area (TPSA) is 41.8 Å². The van der Waals surface area contributed by atoms with E-state index >= 15 is 0 Å². The van der Waals surface area contributed by atoms with Crippen LogP contribution in [0, 0.1) is 0 Å². The van der Waals surface area contributed by atoms with Crippen LogP contribution in [0.1, 0.15) is 24.8 Å². The van der Waals surface area contributed by atoms with Crippen LogP contribution >= 0.6 is 15.9 Å². The van der Waals surface area contributed by atoms with Gasteiger partial charge in [-0.3, -0.25) is 0 Å². The van der Waals surface area contributed by atoms with Gasteiger partial charge in [0, 0.05) is 10.9 Å². The average molecular weight is 310 g/mol. The first-order valence-corrected chi connectivity index (χ1v) is 7.16. The number of nitrogens with zero attached hydrogens (tertiary/aromatic N) is 1. The van der Waals surface area contributed by atoms with Crippen LogP contribution in [-0.2, 0) is 11.2 Å². The predicted octanol–water partition coefficient (Wildman–Crippen LogP) is 2.70. The number of hydrogen-bond acceptors (Lipinski definition) is 3. The van der Waals surface area contributed by atoms with Gasteiger partial charge in [-0.1, -0.05) is 34.1 Å². The average Bonchev–Trinajstić information content (AvgIpc) is 2.73. The maximum Gasteiger partial charge on any atom is 0.188 e. The molecule has 3 atom stereocenters. The van der Waals surface area contributed by atoms with Gasteiger partial charge in [-0.05, 0) is 30.9 Å². The van der Waals surface area contributed by atoms with Gasteiger partial charge >= 0.3 is 0 Å². The van der Waals surface area contributed by atoms with Gasteiger partial charge in [0.25, 0.3) is 0 Å². The molecule has 1 aromatic carbocycles. The van der Waals surface area contributed by atoms with Gasteiger partial charge in [0.05, 0.1) is 12.1 Å². The highest BCUT2D eigenvalue weighted by Gasteiger charge is 2.36. The van der Waals surface area contributed by atoms with E-state index in [1.54, 1.807) is 0 Å². The monoisotopic (exact) mass is 309 g/mol. The van der Waals surface area contributed by atoms with Crippen LogP contribution in [0.5, 0.6) is 0 Å². The van der Waals surface area contributed by atoms with Crippen LogP contribution in [0.3, 0.4) is 0 Å². The first-order valence-electron chi connectivity index (χ1n) is 6.37. The highest BCUT2D eigenvalue weighted by molar-refractivity contribution is 9.10. The second-order valence-electron chi connectivity index (χ2n) is 4.98. The zero-order valence-electron chi connectivity index (χ0n) is 10.1. The lowest BCUT2D eigenvalue weighted by Crippen LogP contribution is -2.33. The highest BCUT2D eigenvalue weighted by atomic mass is 79.9. The Labute approximate surface area is 115 Å². The van der Waals surface area contributed by atoms with E-state index < -0.39 is 0 Å². The number of benzene rings is 1. The number of aliphatic hydroxyl groups is 1. The summed E-state index contributed by atoms with van der Waals surface area (Å²) in [5.74, 6) is 0.811. The Morgan fingerprint density at radius 3 is 3.00 bits per heavy atom. The van der Waals surface area contributed by atoms with E-state index in [9.17, 15) is 5.11 Å². The molecule has 18 heavy (non-hydrogen) atoms. The van der Waals surface area contributed by atoms with Gasteiger partial charge in [-0.25, -0.2) is 4.99 Å². The predicted molar refractivity (Wildman–Crippen MR) is 73.8 cm³/mol. The summed E-state index contributed by atoms with van der Waals surface area (Å²) in [6.07, 6.45) is 3.19. The summed E-state index contributed by atoms with van der Waals surface area (Å²) < 4.78 is 6.98. The van der Waals surface area contributed by atoms with E-state index in [0.717, 1.165) is 36.1 Å². The zero-order chi connectivity index (χ0) is 12.5. The normalized spacial score (nSPS) is 30.6. The first-order chi connectivity index (χ1) is 8.72. The van der Waals surface area contributed by atoms with Crippen LogP contribution in [-0.4, -0.2) is 29.3 Å². The summed E-state index contributed by atoms with van der Waals surface area (Å²) in [5.41, 5.74) is 1.19. The number of aliphatic imine (C=N–C) groups is 1. The Bertz CT molecular complexity index is 475. The molecule has 1 aliphatic heterocycles. The lowest BCUT2D eigenvalue weighted by Gasteiger charge is -2.26. The maximum atomic E-state index is 9.64. The first kappa shape index (κ1) is 12.2. The number of fused-ring (bicyclic) bond motifs is 1. The van der Waals surface area contributed by atoms with Crippen molar-refractivity contribution < 1.29 is 9.84 Å². The van der Waals surface area contributed by atoms with E-state index in [2.05, 4.69) is 27.0 Å². The van der Waals surface area contributed by atoms with Crippen molar-refractivity contribution in [1.29, 1.82) is 0 Å². The molecule has 1 fully saturated rings. The van der Waals surface area contributed by atoms with Crippen molar-refractivity contribution in [2.24, 2.45) is 4.99 Å². The molecule has 0 saturated heterocycles. The molecule has 96 valence electrons. The second kappa shape index (κ2) is 5.02. The molecule has 1 aliphatic carbocycles. The van der Waals surface area contributed by atoms with Crippen molar-refractivity contribution in [3.8, 4) is 0 Å². The van der Waals surface area contributed by atoms with Crippen LogP contribution < -0.4 is 0 Å². The Hall–Kier alpha value is -0.870. The molecule has 0 bridgehead atoms. The maximum absolute atomic E-state index is 9.64. The van der Waals surface area contributed by atoms with Crippen LogP contribution in [0.15, 0.2) is 33.7 Å². The van der Waals surface area contributed by atoms with E-state index in [-0.39, 0.29) is 18.2 Å². The Morgan fingerprint density at radius 1 is 1.33 bits per heavy atom. The van der Waals surface area contributed by atoms with Crippen LogP contribution in [0.4, 0.5) is 0 Å². The number of aliphatic hydroxyl groups excluding tert-OH is 1. The van der Waals surface area contributed by atoms with Crippen LogP contribution in [0.2, 0.25) is 0 Å².